The number of halogens is 2. The molecule has 0 aliphatic carbocycles. The molecule has 0 aliphatic heterocycles. The maximum atomic E-state index is 12.4. The molecule has 106 valence electrons. The van der Waals surface area contributed by atoms with Crippen molar-refractivity contribution in [1.29, 1.82) is 0 Å². The molecule has 0 heterocycles. The molecule has 0 bridgehead atoms. The normalized spacial score (nSPS) is 14.0. The number of ether oxygens (including phenoxy) is 2. The number of esters is 1. The minimum absolute atomic E-state index is 0.0533. The molecule has 4 nitrogen and oxygen atoms in total. The van der Waals surface area contributed by atoms with Crippen LogP contribution in [0.4, 0.5) is 8.78 Å². The van der Waals surface area contributed by atoms with Gasteiger partial charge in [-0.1, -0.05) is 18.2 Å². The van der Waals surface area contributed by atoms with Crippen LogP contribution >= 0.6 is 0 Å². The molecule has 1 rings (SSSR count). The van der Waals surface area contributed by atoms with Crippen molar-refractivity contribution in [2.75, 3.05) is 13.7 Å². The van der Waals surface area contributed by atoms with Crippen LogP contribution in [0.1, 0.15) is 19.4 Å². The summed E-state index contributed by atoms with van der Waals surface area (Å²) in [6.07, 6.45) is 0. The van der Waals surface area contributed by atoms with Gasteiger partial charge in [-0.2, -0.15) is 8.78 Å². The number of nitrogens with one attached hydrogen (secondary N) is 1. The Bertz CT molecular complexity index is 440. The second-order valence-corrected chi connectivity index (χ2v) is 3.97. The van der Waals surface area contributed by atoms with Gasteiger partial charge in [0.2, 0.25) is 0 Å². The quantitative estimate of drug-likeness (QED) is 0.808. The van der Waals surface area contributed by atoms with Crippen LogP contribution in [0.5, 0.6) is 5.75 Å². The number of hydrogen-bond acceptors (Lipinski definition) is 4. The Balaban J connectivity index is 3.20. The molecule has 1 atom stereocenters. The molecule has 1 unspecified atom stereocenters. The summed E-state index contributed by atoms with van der Waals surface area (Å²) in [4.78, 5) is 12.0. The highest BCUT2D eigenvalue weighted by atomic mass is 19.3. The Morgan fingerprint density at radius 2 is 2.05 bits per heavy atom. The number of carbonyl (C=O) groups excluding carboxylic acids is 1. The lowest BCUT2D eigenvalue weighted by Crippen LogP contribution is -2.46. The first kappa shape index (κ1) is 15.4. The third-order valence-corrected chi connectivity index (χ3v) is 2.83. The average Bonchev–Trinajstić information content (AvgIpc) is 2.38. The van der Waals surface area contributed by atoms with Gasteiger partial charge in [-0.15, -0.1) is 0 Å². The fourth-order valence-corrected chi connectivity index (χ4v) is 1.70. The summed E-state index contributed by atoms with van der Waals surface area (Å²) in [5.41, 5.74) is -0.946. The summed E-state index contributed by atoms with van der Waals surface area (Å²) in [6.45, 7) is 0.478. The maximum Gasteiger partial charge on any atom is 0.387 e. The molecule has 0 radical (unpaired) electrons. The Hall–Kier alpha value is -1.69. The highest BCUT2D eigenvalue weighted by Gasteiger charge is 2.37. The number of hydrogen-bond donors (Lipinski definition) is 1. The summed E-state index contributed by atoms with van der Waals surface area (Å²) in [7, 11) is 1.55. The van der Waals surface area contributed by atoms with E-state index >= 15 is 0 Å². The molecule has 1 N–H and O–H groups in total. The van der Waals surface area contributed by atoms with Crippen LogP contribution in [0.2, 0.25) is 0 Å². The van der Waals surface area contributed by atoms with Gasteiger partial charge < -0.3 is 14.8 Å². The van der Waals surface area contributed by atoms with Crippen molar-refractivity contribution in [2.24, 2.45) is 0 Å². The molecule has 0 aliphatic rings. The van der Waals surface area contributed by atoms with Crippen LogP contribution in [0.25, 0.3) is 0 Å². The van der Waals surface area contributed by atoms with Crippen LogP contribution in [0, 0.1) is 0 Å². The van der Waals surface area contributed by atoms with Crippen molar-refractivity contribution in [2.45, 2.75) is 26.0 Å². The molecular formula is C13H17F2NO3. The second kappa shape index (κ2) is 6.47. The molecule has 0 amide bonds. The van der Waals surface area contributed by atoms with Crippen LogP contribution < -0.4 is 10.1 Å². The Morgan fingerprint density at radius 3 is 2.58 bits per heavy atom. The van der Waals surface area contributed by atoms with Gasteiger partial charge in [0.05, 0.1) is 6.61 Å². The number of benzene rings is 1. The fourth-order valence-electron chi connectivity index (χ4n) is 1.70. The van der Waals surface area contributed by atoms with Gasteiger partial charge in [-0.05, 0) is 27.0 Å². The molecular weight excluding hydrogens is 256 g/mol. The van der Waals surface area contributed by atoms with Gasteiger partial charge in [-0.3, -0.25) is 0 Å². The molecule has 0 fully saturated rings. The predicted molar refractivity (Wildman–Crippen MR) is 66.1 cm³/mol. The van der Waals surface area contributed by atoms with Crippen molar-refractivity contribution < 1.29 is 23.0 Å². The SMILES string of the molecule is CCOC(=O)C(C)(NC)c1ccccc1OC(F)F. The van der Waals surface area contributed by atoms with E-state index in [-0.39, 0.29) is 12.4 Å². The number of alkyl halides is 2. The van der Waals surface area contributed by atoms with Gasteiger partial charge >= 0.3 is 12.6 Å². The molecule has 6 heteroatoms. The summed E-state index contributed by atoms with van der Waals surface area (Å²) in [5, 5.41) is 2.79. The van der Waals surface area contributed by atoms with E-state index < -0.39 is 18.1 Å². The first-order valence-electron chi connectivity index (χ1n) is 5.86. The number of carbonyl (C=O) groups is 1. The highest BCUT2D eigenvalue weighted by Crippen LogP contribution is 2.31. The topological polar surface area (TPSA) is 47.6 Å². The number of para-hydroxylation sites is 1. The first-order valence-corrected chi connectivity index (χ1v) is 5.86. The fraction of sp³-hybridized carbons (Fsp3) is 0.462. The minimum Gasteiger partial charge on any atom is -0.464 e. The molecule has 0 aromatic heterocycles. The smallest absolute Gasteiger partial charge is 0.387 e. The van der Waals surface area contributed by atoms with Crippen molar-refractivity contribution in [3.8, 4) is 5.75 Å². The monoisotopic (exact) mass is 273 g/mol. The van der Waals surface area contributed by atoms with Gasteiger partial charge in [0.1, 0.15) is 11.3 Å². The predicted octanol–water partition coefficient (Wildman–Crippen LogP) is 2.29. The average molecular weight is 273 g/mol. The Labute approximate surface area is 110 Å². The van der Waals surface area contributed by atoms with Crippen LogP contribution in [0.15, 0.2) is 24.3 Å². The summed E-state index contributed by atoms with van der Waals surface area (Å²) in [6, 6.07) is 6.13. The minimum atomic E-state index is -2.95. The van der Waals surface area contributed by atoms with Gasteiger partial charge in [-0.25, -0.2) is 4.79 Å². The standard InChI is InChI=1S/C13H17F2NO3/c1-4-18-11(17)13(2,16-3)9-7-5-6-8-10(9)19-12(14)15/h5-8,12,16H,4H2,1-3H3. The summed E-state index contributed by atoms with van der Waals surface area (Å²) < 4.78 is 34.2. The zero-order valence-electron chi connectivity index (χ0n) is 11.1. The van der Waals surface area contributed by atoms with Crippen LogP contribution in [0.3, 0.4) is 0 Å². The van der Waals surface area contributed by atoms with Crippen molar-refractivity contribution in [3.05, 3.63) is 29.8 Å². The molecule has 0 spiro atoms. The van der Waals surface area contributed by atoms with Gasteiger partial charge in [0.15, 0.2) is 0 Å². The second-order valence-electron chi connectivity index (χ2n) is 3.97. The molecule has 0 saturated heterocycles. The van der Waals surface area contributed by atoms with Crippen LogP contribution in [-0.2, 0) is 15.1 Å². The van der Waals surface area contributed by atoms with Gasteiger partial charge in [0.25, 0.3) is 0 Å². The zero-order valence-corrected chi connectivity index (χ0v) is 11.1. The third-order valence-electron chi connectivity index (χ3n) is 2.83. The van der Waals surface area contributed by atoms with E-state index in [0.717, 1.165) is 0 Å². The lowest BCUT2D eigenvalue weighted by molar-refractivity contribution is -0.151. The van der Waals surface area contributed by atoms with Crippen LogP contribution in [-0.4, -0.2) is 26.2 Å². The van der Waals surface area contributed by atoms with Crippen molar-refractivity contribution in [3.63, 3.8) is 0 Å². The van der Waals surface area contributed by atoms with Crippen molar-refractivity contribution in [1.82, 2.24) is 5.32 Å². The van der Waals surface area contributed by atoms with Crippen molar-refractivity contribution >= 4 is 5.97 Å². The zero-order chi connectivity index (χ0) is 14.5. The van der Waals surface area contributed by atoms with E-state index in [1.54, 1.807) is 39.1 Å². The lowest BCUT2D eigenvalue weighted by Gasteiger charge is -2.28. The molecule has 1 aromatic carbocycles. The molecule has 19 heavy (non-hydrogen) atoms. The van der Waals surface area contributed by atoms with E-state index in [1.807, 2.05) is 0 Å². The Morgan fingerprint density at radius 1 is 1.42 bits per heavy atom. The largest absolute Gasteiger partial charge is 0.464 e. The van der Waals surface area contributed by atoms with E-state index in [4.69, 9.17) is 4.74 Å². The molecule has 0 saturated carbocycles. The summed E-state index contributed by atoms with van der Waals surface area (Å²) in [5.74, 6) is -0.606. The molecule has 1 aromatic rings. The van der Waals surface area contributed by atoms with Gasteiger partial charge in [0, 0.05) is 5.56 Å². The lowest BCUT2D eigenvalue weighted by atomic mass is 9.91. The highest BCUT2D eigenvalue weighted by molar-refractivity contribution is 5.83. The Kier molecular flexibility index (Phi) is 5.23. The van der Waals surface area contributed by atoms with E-state index in [9.17, 15) is 13.6 Å². The third kappa shape index (κ3) is 3.41. The number of likely N-dealkylation sites (N-methyl/N-ethyl adjacent to an activating group) is 1. The first-order chi connectivity index (χ1) is 8.95. The maximum absolute atomic E-state index is 12.4. The summed E-state index contributed by atoms with van der Waals surface area (Å²) >= 11 is 0. The van der Waals surface area contributed by atoms with E-state index in [0.29, 0.717) is 5.56 Å². The van der Waals surface area contributed by atoms with E-state index in [2.05, 4.69) is 10.1 Å². The van der Waals surface area contributed by atoms with E-state index in [1.165, 1.54) is 6.07 Å². The number of rotatable bonds is 6.